The van der Waals surface area contributed by atoms with E-state index in [9.17, 15) is 4.79 Å². The molecule has 0 aliphatic carbocycles. The molecule has 1 aliphatic rings. The second kappa shape index (κ2) is 8.07. The molecule has 1 atom stereocenters. The van der Waals surface area contributed by atoms with Crippen LogP contribution in [0.25, 0.3) is 0 Å². The third-order valence-corrected chi connectivity index (χ3v) is 4.57. The fourth-order valence-electron chi connectivity index (χ4n) is 3.20. The van der Waals surface area contributed by atoms with Gasteiger partial charge in [-0.15, -0.1) is 0 Å². The number of hydrogen-bond donors (Lipinski definition) is 1. The zero-order valence-corrected chi connectivity index (χ0v) is 15.3. The van der Waals surface area contributed by atoms with Crippen LogP contribution in [0.4, 0.5) is 4.79 Å². The van der Waals surface area contributed by atoms with Gasteiger partial charge in [-0.2, -0.15) is 4.98 Å². The van der Waals surface area contributed by atoms with Gasteiger partial charge in [-0.1, -0.05) is 24.2 Å². The lowest BCUT2D eigenvalue weighted by atomic mass is 9.97. The molecular weight excluding hydrogens is 336 g/mol. The van der Waals surface area contributed by atoms with E-state index in [1.54, 1.807) is 19.1 Å². The number of amides is 2. The Balaban J connectivity index is 1.60. The van der Waals surface area contributed by atoms with Crippen molar-refractivity contribution in [1.29, 1.82) is 0 Å². The Kier molecular flexibility index (Phi) is 5.60. The van der Waals surface area contributed by atoms with Crippen LogP contribution in [0, 0.1) is 0 Å². The molecule has 1 fully saturated rings. The summed E-state index contributed by atoms with van der Waals surface area (Å²) in [6.45, 7) is 3.49. The molecule has 8 heteroatoms. The highest BCUT2D eigenvalue weighted by molar-refractivity contribution is 5.74. The lowest BCUT2D eigenvalue weighted by molar-refractivity contribution is 0.206. The molecule has 0 radical (unpaired) electrons. The number of nitrogens with zero attached hydrogens (tertiary/aromatic N) is 3. The number of carbonyl (C=O) groups is 1. The highest BCUT2D eigenvalue weighted by Gasteiger charge is 2.30. The summed E-state index contributed by atoms with van der Waals surface area (Å²) in [4.78, 5) is 18.4. The largest absolute Gasteiger partial charge is 0.493 e. The molecule has 0 saturated carbocycles. The van der Waals surface area contributed by atoms with E-state index in [0.717, 1.165) is 17.7 Å². The number of rotatable bonds is 6. The molecule has 1 aromatic carbocycles. The van der Waals surface area contributed by atoms with Gasteiger partial charge in [-0.3, -0.25) is 0 Å². The first-order valence-electron chi connectivity index (χ1n) is 8.71. The number of methoxy groups -OCH3 is 2. The molecular formula is C18H24N4O4. The maximum Gasteiger partial charge on any atom is 0.317 e. The van der Waals surface area contributed by atoms with Crippen molar-refractivity contribution in [1.82, 2.24) is 20.4 Å². The summed E-state index contributed by atoms with van der Waals surface area (Å²) in [6, 6.07) is 5.71. The standard InChI is InChI=1S/C18H24N4O4/c1-4-15-20-16(26-21-15)10-19-18(23)22-9-8-12(11-22)13-6-5-7-14(24-2)17(13)25-3/h5-7,12H,4,8-11H2,1-3H3,(H,19,23)/t12-/m0/s1. The van der Waals surface area contributed by atoms with Crippen LogP contribution in [0.1, 0.15) is 36.5 Å². The van der Waals surface area contributed by atoms with Crippen molar-refractivity contribution >= 4 is 6.03 Å². The summed E-state index contributed by atoms with van der Waals surface area (Å²) in [7, 11) is 3.26. The van der Waals surface area contributed by atoms with Gasteiger partial charge < -0.3 is 24.2 Å². The molecule has 26 heavy (non-hydrogen) atoms. The van der Waals surface area contributed by atoms with Crippen molar-refractivity contribution in [2.24, 2.45) is 0 Å². The maximum atomic E-state index is 12.4. The van der Waals surface area contributed by atoms with Gasteiger partial charge in [0, 0.05) is 31.0 Å². The van der Waals surface area contributed by atoms with E-state index in [4.69, 9.17) is 14.0 Å². The average molecular weight is 360 g/mol. The van der Waals surface area contributed by atoms with Crippen molar-refractivity contribution in [3.8, 4) is 11.5 Å². The lowest BCUT2D eigenvalue weighted by Crippen LogP contribution is -2.38. The van der Waals surface area contributed by atoms with Gasteiger partial charge in [-0.25, -0.2) is 4.79 Å². The summed E-state index contributed by atoms with van der Waals surface area (Å²) in [5, 5.41) is 6.66. The average Bonchev–Trinajstić information content (AvgIpc) is 3.34. The van der Waals surface area contributed by atoms with E-state index in [0.29, 0.717) is 37.0 Å². The number of likely N-dealkylation sites (tertiary alicyclic amines) is 1. The van der Waals surface area contributed by atoms with Crippen molar-refractivity contribution < 1.29 is 18.8 Å². The van der Waals surface area contributed by atoms with Crippen LogP contribution in [-0.4, -0.2) is 48.4 Å². The zero-order chi connectivity index (χ0) is 18.5. The number of aromatic nitrogens is 2. The summed E-state index contributed by atoms with van der Waals surface area (Å²) in [5.74, 6) is 2.71. The highest BCUT2D eigenvalue weighted by atomic mass is 16.5. The van der Waals surface area contributed by atoms with Crippen LogP contribution in [0.5, 0.6) is 11.5 Å². The lowest BCUT2D eigenvalue weighted by Gasteiger charge is -2.19. The Labute approximate surface area is 152 Å². The van der Waals surface area contributed by atoms with Crippen LogP contribution in [0.15, 0.2) is 22.7 Å². The number of benzene rings is 1. The molecule has 2 heterocycles. The first kappa shape index (κ1) is 18.0. The van der Waals surface area contributed by atoms with Crippen LogP contribution in [0.3, 0.4) is 0 Å². The SMILES string of the molecule is CCc1noc(CNC(=O)N2CC[C@H](c3cccc(OC)c3OC)C2)n1. The van der Waals surface area contributed by atoms with E-state index in [1.807, 2.05) is 25.1 Å². The maximum absolute atomic E-state index is 12.4. The van der Waals surface area contributed by atoms with Crippen molar-refractivity contribution in [3.63, 3.8) is 0 Å². The van der Waals surface area contributed by atoms with Crippen LogP contribution in [0.2, 0.25) is 0 Å². The molecule has 1 aromatic heterocycles. The monoisotopic (exact) mass is 360 g/mol. The molecule has 2 aromatic rings. The second-order valence-electron chi connectivity index (χ2n) is 6.13. The predicted octanol–water partition coefficient (Wildman–Crippen LogP) is 2.35. The van der Waals surface area contributed by atoms with Gasteiger partial charge in [0.25, 0.3) is 0 Å². The number of aryl methyl sites for hydroxylation is 1. The summed E-state index contributed by atoms with van der Waals surface area (Å²) in [6.07, 6.45) is 1.57. The van der Waals surface area contributed by atoms with Gasteiger partial charge in [0.2, 0.25) is 5.89 Å². The fourth-order valence-corrected chi connectivity index (χ4v) is 3.20. The summed E-state index contributed by atoms with van der Waals surface area (Å²) >= 11 is 0. The first-order chi connectivity index (χ1) is 12.7. The Morgan fingerprint density at radius 3 is 2.92 bits per heavy atom. The molecule has 1 aliphatic heterocycles. The molecule has 0 unspecified atom stereocenters. The van der Waals surface area contributed by atoms with E-state index in [-0.39, 0.29) is 18.5 Å². The topological polar surface area (TPSA) is 89.7 Å². The first-order valence-corrected chi connectivity index (χ1v) is 8.71. The quantitative estimate of drug-likeness (QED) is 0.850. The van der Waals surface area contributed by atoms with Gasteiger partial charge in [0.1, 0.15) is 0 Å². The van der Waals surface area contributed by atoms with Gasteiger partial charge in [0.05, 0.1) is 20.8 Å². The number of para-hydroxylation sites is 1. The predicted molar refractivity (Wildman–Crippen MR) is 94.4 cm³/mol. The number of urea groups is 1. The number of hydrogen-bond acceptors (Lipinski definition) is 6. The van der Waals surface area contributed by atoms with E-state index in [2.05, 4.69) is 15.5 Å². The normalized spacial score (nSPS) is 16.6. The Morgan fingerprint density at radius 2 is 2.23 bits per heavy atom. The molecule has 3 rings (SSSR count). The number of carbonyl (C=O) groups excluding carboxylic acids is 1. The van der Waals surface area contributed by atoms with E-state index < -0.39 is 0 Å². The zero-order valence-electron chi connectivity index (χ0n) is 15.3. The van der Waals surface area contributed by atoms with Gasteiger partial charge in [-0.05, 0) is 12.5 Å². The molecule has 1 N–H and O–H groups in total. The molecule has 0 spiro atoms. The van der Waals surface area contributed by atoms with Gasteiger partial charge in [0.15, 0.2) is 17.3 Å². The van der Waals surface area contributed by atoms with Crippen LogP contribution in [-0.2, 0) is 13.0 Å². The van der Waals surface area contributed by atoms with Crippen LogP contribution >= 0.6 is 0 Å². The smallest absolute Gasteiger partial charge is 0.317 e. The Morgan fingerprint density at radius 1 is 1.38 bits per heavy atom. The molecule has 140 valence electrons. The van der Waals surface area contributed by atoms with E-state index >= 15 is 0 Å². The number of ether oxygens (including phenoxy) is 2. The van der Waals surface area contributed by atoms with Crippen LogP contribution < -0.4 is 14.8 Å². The third kappa shape index (κ3) is 3.74. The minimum Gasteiger partial charge on any atom is -0.493 e. The highest BCUT2D eigenvalue weighted by Crippen LogP contribution is 2.39. The molecule has 0 bridgehead atoms. The Hall–Kier alpha value is -2.77. The van der Waals surface area contributed by atoms with Gasteiger partial charge >= 0.3 is 6.03 Å². The third-order valence-electron chi connectivity index (χ3n) is 4.57. The van der Waals surface area contributed by atoms with Crippen molar-refractivity contribution in [3.05, 3.63) is 35.5 Å². The fraction of sp³-hybridized carbons (Fsp3) is 0.500. The second-order valence-corrected chi connectivity index (χ2v) is 6.13. The summed E-state index contributed by atoms with van der Waals surface area (Å²) in [5.41, 5.74) is 1.06. The minimum atomic E-state index is -0.134. The van der Waals surface area contributed by atoms with E-state index in [1.165, 1.54) is 0 Å². The minimum absolute atomic E-state index is 0.134. The summed E-state index contributed by atoms with van der Waals surface area (Å²) < 4.78 is 16.0. The Bertz CT molecular complexity index is 761. The van der Waals surface area contributed by atoms with Crippen molar-refractivity contribution in [2.45, 2.75) is 32.2 Å². The molecule has 8 nitrogen and oxygen atoms in total. The molecule has 2 amide bonds. The van der Waals surface area contributed by atoms with Crippen molar-refractivity contribution in [2.75, 3.05) is 27.3 Å². The molecule has 1 saturated heterocycles. The number of nitrogens with one attached hydrogen (secondary N) is 1.